The molecule has 1 saturated heterocycles. The zero-order valence-corrected chi connectivity index (χ0v) is 9.82. The SMILES string of the molecule is O=C(O)C1CCCN1C(=O)NCCn1ccnn1. The molecule has 1 aromatic heterocycles. The Labute approximate surface area is 104 Å². The highest BCUT2D eigenvalue weighted by atomic mass is 16.4. The summed E-state index contributed by atoms with van der Waals surface area (Å²) < 4.78 is 1.60. The maximum absolute atomic E-state index is 11.8. The normalized spacial score (nSPS) is 18.9. The summed E-state index contributed by atoms with van der Waals surface area (Å²) in [5.41, 5.74) is 0. The number of aromatic nitrogens is 3. The quantitative estimate of drug-likeness (QED) is 0.756. The molecular formula is C10H15N5O3. The number of rotatable bonds is 4. The molecule has 98 valence electrons. The lowest BCUT2D eigenvalue weighted by Crippen LogP contribution is -2.46. The summed E-state index contributed by atoms with van der Waals surface area (Å²) >= 11 is 0. The smallest absolute Gasteiger partial charge is 0.326 e. The molecule has 1 atom stereocenters. The van der Waals surface area contributed by atoms with Gasteiger partial charge in [0.15, 0.2) is 0 Å². The van der Waals surface area contributed by atoms with E-state index in [1.54, 1.807) is 17.1 Å². The van der Waals surface area contributed by atoms with Gasteiger partial charge in [0.2, 0.25) is 0 Å². The summed E-state index contributed by atoms with van der Waals surface area (Å²) in [5, 5.41) is 19.1. The lowest BCUT2D eigenvalue weighted by atomic mass is 10.2. The number of carbonyl (C=O) groups is 2. The molecule has 2 rings (SSSR count). The van der Waals surface area contributed by atoms with Crippen molar-refractivity contribution < 1.29 is 14.7 Å². The first kappa shape index (κ1) is 12.3. The Morgan fingerprint density at radius 2 is 2.33 bits per heavy atom. The molecule has 1 fully saturated rings. The third kappa shape index (κ3) is 2.76. The molecule has 1 aromatic rings. The van der Waals surface area contributed by atoms with Crippen molar-refractivity contribution in [1.29, 1.82) is 0 Å². The Bertz CT molecular complexity index is 419. The summed E-state index contributed by atoms with van der Waals surface area (Å²) in [6.07, 6.45) is 4.50. The molecule has 0 radical (unpaired) electrons. The van der Waals surface area contributed by atoms with Gasteiger partial charge in [-0.3, -0.25) is 4.68 Å². The number of carboxylic acid groups (broad SMARTS) is 1. The number of hydrogen-bond acceptors (Lipinski definition) is 4. The first-order chi connectivity index (χ1) is 8.68. The summed E-state index contributed by atoms with van der Waals surface area (Å²) in [6.45, 7) is 1.40. The maximum Gasteiger partial charge on any atom is 0.326 e. The van der Waals surface area contributed by atoms with E-state index in [0.29, 0.717) is 26.1 Å². The van der Waals surface area contributed by atoms with E-state index >= 15 is 0 Å². The van der Waals surface area contributed by atoms with Crippen molar-refractivity contribution >= 4 is 12.0 Å². The molecule has 18 heavy (non-hydrogen) atoms. The molecule has 2 heterocycles. The fourth-order valence-corrected chi connectivity index (χ4v) is 2.00. The van der Waals surface area contributed by atoms with Gasteiger partial charge in [0.1, 0.15) is 6.04 Å². The van der Waals surface area contributed by atoms with Crippen LogP contribution >= 0.6 is 0 Å². The van der Waals surface area contributed by atoms with Crippen molar-refractivity contribution in [3.63, 3.8) is 0 Å². The zero-order chi connectivity index (χ0) is 13.0. The number of carbonyl (C=O) groups excluding carboxylic acids is 1. The van der Waals surface area contributed by atoms with Gasteiger partial charge in [0.05, 0.1) is 12.7 Å². The van der Waals surface area contributed by atoms with E-state index < -0.39 is 12.0 Å². The zero-order valence-electron chi connectivity index (χ0n) is 9.82. The van der Waals surface area contributed by atoms with Gasteiger partial charge in [-0.1, -0.05) is 5.21 Å². The molecular weight excluding hydrogens is 238 g/mol. The lowest BCUT2D eigenvalue weighted by molar-refractivity contribution is -0.141. The first-order valence-electron chi connectivity index (χ1n) is 5.80. The lowest BCUT2D eigenvalue weighted by Gasteiger charge is -2.21. The molecule has 0 aromatic carbocycles. The predicted octanol–water partition coefficient (Wildman–Crippen LogP) is -0.463. The molecule has 0 saturated carbocycles. The van der Waals surface area contributed by atoms with Gasteiger partial charge in [-0.05, 0) is 12.8 Å². The van der Waals surface area contributed by atoms with Crippen LogP contribution in [0, 0.1) is 0 Å². The Balaban J connectivity index is 1.79. The molecule has 2 N–H and O–H groups in total. The summed E-state index contributed by atoms with van der Waals surface area (Å²) in [5.74, 6) is -0.945. The molecule has 2 amide bonds. The van der Waals surface area contributed by atoms with Crippen molar-refractivity contribution in [2.45, 2.75) is 25.4 Å². The minimum absolute atomic E-state index is 0.333. The number of hydrogen-bond donors (Lipinski definition) is 2. The van der Waals surface area contributed by atoms with Crippen molar-refractivity contribution in [3.05, 3.63) is 12.4 Å². The number of urea groups is 1. The largest absolute Gasteiger partial charge is 0.480 e. The molecule has 0 bridgehead atoms. The van der Waals surface area contributed by atoms with Crippen LogP contribution in [0.15, 0.2) is 12.4 Å². The van der Waals surface area contributed by atoms with E-state index in [1.807, 2.05) is 0 Å². The van der Waals surface area contributed by atoms with Gasteiger partial charge >= 0.3 is 12.0 Å². The fourth-order valence-electron chi connectivity index (χ4n) is 2.00. The standard InChI is InChI=1S/C10H15N5O3/c16-9(17)8-2-1-5-15(8)10(18)11-3-6-14-7-4-12-13-14/h4,7-8H,1-3,5-6H2,(H,11,18)(H,16,17). The number of likely N-dealkylation sites (tertiary alicyclic amines) is 1. The third-order valence-corrected chi connectivity index (χ3v) is 2.89. The van der Waals surface area contributed by atoms with Crippen molar-refractivity contribution in [2.24, 2.45) is 0 Å². The van der Waals surface area contributed by atoms with Crippen LogP contribution in [0.5, 0.6) is 0 Å². The van der Waals surface area contributed by atoms with Crippen LogP contribution < -0.4 is 5.32 Å². The highest BCUT2D eigenvalue weighted by Crippen LogP contribution is 2.16. The second-order valence-electron chi connectivity index (χ2n) is 4.09. The van der Waals surface area contributed by atoms with Gasteiger partial charge in [0.25, 0.3) is 0 Å². The number of carboxylic acids is 1. The average Bonchev–Trinajstić information content (AvgIpc) is 2.99. The fraction of sp³-hybridized carbons (Fsp3) is 0.600. The Morgan fingerprint density at radius 1 is 1.50 bits per heavy atom. The molecule has 1 aliphatic rings. The molecule has 1 aliphatic heterocycles. The predicted molar refractivity (Wildman–Crippen MR) is 60.8 cm³/mol. The van der Waals surface area contributed by atoms with Gasteiger partial charge in [-0.25, -0.2) is 9.59 Å². The van der Waals surface area contributed by atoms with E-state index in [1.165, 1.54) is 4.90 Å². The monoisotopic (exact) mass is 253 g/mol. The number of amides is 2. The van der Waals surface area contributed by atoms with Gasteiger partial charge in [-0.15, -0.1) is 5.10 Å². The maximum atomic E-state index is 11.8. The van der Waals surface area contributed by atoms with E-state index in [0.717, 1.165) is 6.42 Å². The van der Waals surface area contributed by atoms with Crippen LogP contribution in [0.25, 0.3) is 0 Å². The highest BCUT2D eigenvalue weighted by molar-refractivity contribution is 5.83. The summed E-state index contributed by atoms with van der Waals surface area (Å²) in [4.78, 5) is 24.1. The van der Waals surface area contributed by atoms with Gasteiger partial charge in [0, 0.05) is 19.3 Å². The second-order valence-corrected chi connectivity index (χ2v) is 4.09. The van der Waals surface area contributed by atoms with Crippen LogP contribution in [0.2, 0.25) is 0 Å². The van der Waals surface area contributed by atoms with E-state index in [9.17, 15) is 9.59 Å². The summed E-state index contributed by atoms with van der Waals surface area (Å²) in [6, 6.07) is -1.03. The number of aliphatic carboxylic acids is 1. The summed E-state index contributed by atoms with van der Waals surface area (Å²) in [7, 11) is 0. The topological polar surface area (TPSA) is 100 Å². The first-order valence-corrected chi connectivity index (χ1v) is 5.80. The van der Waals surface area contributed by atoms with Gasteiger partial charge in [-0.2, -0.15) is 0 Å². The Kier molecular flexibility index (Phi) is 3.75. The average molecular weight is 253 g/mol. The molecule has 0 aliphatic carbocycles. The van der Waals surface area contributed by atoms with E-state index in [-0.39, 0.29) is 6.03 Å². The van der Waals surface area contributed by atoms with E-state index in [2.05, 4.69) is 15.6 Å². The highest BCUT2D eigenvalue weighted by Gasteiger charge is 2.33. The molecule has 8 nitrogen and oxygen atoms in total. The van der Waals surface area contributed by atoms with Crippen LogP contribution in [0.3, 0.4) is 0 Å². The molecule has 0 spiro atoms. The van der Waals surface area contributed by atoms with Gasteiger partial charge < -0.3 is 15.3 Å². The van der Waals surface area contributed by atoms with Crippen molar-refractivity contribution in [2.75, 3.05) is 13.1 Å². The van der Waals surface area contributed by atoms with Crippen molar-refractivity contribution in [1.82, 2.24) is 25.2 Å². The number of nitrogens with one attached hydrogen (secondary N) is 1. The van der Waals surface area contributed by atoms with Crippen LogP contribution in [0.4, 0.5) is 4.79 Å². The van der Waals surface area contributed by atoms with Crippen molar-refractivity contribution in [3.8, 4) is 0 Å². The second kappa shape index (κ2) is 5.48. The Hall–Kier alpha value is -2.12. The van der Waals surface area contributed by atoms with Crippen LogP contribution in [0.1, 0.15) is 12.8 Å². The number of nitrogens with zero attached hydrogens (tertiary/aromatic N) is 4. The molecule has 1 unspecified atom stereocenters. The van der Waals surface area contributed by atoms with Crippen LogP contribution in [-0.4, -0.2) is 56.1 Å². The minimum Gasteiger partial charge on any atom is -0.480 e. The molecule has 8 heteroatoms. The third-order valence-electron chi connectivity index (χ3n) is 2.89. The minimum atomic E-state index is -0.945. The van der Waals surface area contributed by atoms with Crippen LogP contribution in [-0.2, 0) is 11.3 Å². The Morgan fingerprint density at radius 3 is 3.00 bits per heavy atom. The van der Waals surface area contributed by atoms with E-state index in [4.69, 9.17) is 5.11 Å².